The highest BCUT2D eigenvalue weighted by molar-refractivity contribution is 5.94. The van der Waals surface area contributed by atoms with E-state index in [4.69, 9.17) is 9.26 Å². The first-order chi connectivity index (χ1) is 19.1. The van der Waals surface area contributed by atoms with Gasteiger partial charge in [0.15, 0.2) is 5.58 Å². The molecular weight excluding hydrogens is 495 g/mol. The highest BCUT2D eigenvalue weighted by atomic mass is 19.1. The summed E-state index contributed by atoms with van der Waals surface area (Å²) >= 11 is 0. The molecule has 0 bridgehead atoms. The number of morpholine rings is 1. The van der Waals surface area contributed by atoms with E-state index in [2.05, 4.69) is 20.3 Å². The number of fused-ring (bicyclic) bond motifs is 1. The Labute approximate surface area is 229 Å². The van der Waals surface area contributed by atoms with Crippen LogP contribution in [0.3, 0.4) is 0 Å². The fourth-order valence-corrected chi connectivity index (χ4v) is 6.53. The molecule has 3 fully saturated rings. The quantitative estimate of drug-likeness (QED) is 0.440. The molecule has 3 heterocycles. The number of benzene rings is 2. The van der Waals surface area contributed by atoms with Crippen molar-refractivity contribution in [3.05, 3.63) is 59.5 Å². The normalized spacial score (nSPS) is 23.3. The van der Waals surface area contributed by atoms with Crippen molar-refractivity contribution in [2.75, 3.05) is 50.8 Å². The molecule has 2 saturated heterocycles. The Bertz CT molecular complexity index is 1240. The second kappa shape index (κ2) is 12.0. The van der Waals surface area contributed by atoms with Crippen LogP contribution in [0, 0.1) is 11.7 Å². The standard InChI is InChI=1S/C31H39FN4O3/c32-25-5-10-29-28(21-25)30(34-39-29)23-12-15-35(16-13-23)14-11-22-1-6-26(7-2-22)33-31(37)24-3-8-27(9-4-24)36-17-19-38-20-18-36/h3-5,8-10,21-23,26H,1-2,6-7,11-20H2,(H,33,37). The van der Waals surface area contributed by atoms with E-state index >= 15 is 0 Å². The number of aromatic nitrogens is 1. The van der Waals surface area contributed by atoms with E-state index < -0.39 is 0 Å². The molecule has 7 nitrogen and oxygen atoms in total. The van der Waals surface area contributed by atoms with Crippen LogP contribution in [0.5, 0.6) is 0 Å². The van der Waals surface area contributed by atoms with E-state index in [-0.39, 0.29) is 17.8 Å². The summed E-state index contributed by atoms with van der Waals surface area (Å²) in [5, 5.41) is 8.37. The first-order valence-electron chi connectivity index (χ1n) is 14.6. The van der Waals surface area contributed by atoms with E-state index in [0.29, 0.717) is 11.5 Å². The Morgan fingerprint density at radius 1 is 0.949 bits per heavy atom. The molecule has 0 radical (unpaired) electrons. The number of hydrogen-bond donors (Lipinski definition) is 1. The average molecular weight is 535 g/mol. The topological polar surface area (TPSA) is 70.8 Å². The van der Waals surface area contributed by atoms with E-state index in [1.165, 1.54) is 25.3 Å². The molecule has 1 saturated carbocycles. The average Bonchev–Trinajstić information content (AvgIpc) is 3.40. The van der Waals surface area contributed by atoms with Crippen molar-refractivity contribution in [1.29, 1.82) is 0 Å². The second-order valence-electron chi connectivity index (χ2n) is 11.5. The number of amides is 1. The van der Waals surface area contributed by atoms with Crippen LogP contribution in [0.1, 0.15) is 66.9 Å². The summed E-state index contributed by atoms with van der Waals surface area (Å²) in [6.07, 6.45) is 7.74. The molecule has 208 valence electrons. The highest BCUT2D eigenvalue weighted by Gasteiger charge is 2.27. The molecule has 8 heteroatoms. The molecule has 0 unspecified atom stereocenters. The van der Waals surface area contributed by atoms with Crippen LogP contribution in [0.25, 0.3) is 11.0 Å². The third kappa shape index (κ3) is 6.28. The molecule has 6 rings (SSSR count). The van der Waals surface area contributed by atoms with Gasteiger partial charge in [0.1, 0.15) is 5.82 Å². The summed E-state index contributed by atoms with van der Waals surface area (Å²) in [5.41, 5.74) is 3.47. The van der Waals surface area contributed by atoms with Gasteiger partial charge < -0.3 is 24.4 Å². The summed E-state index contributed by atoms with van der Waals surface area (Å²) in [5.74, 6) is 0.861. The molecule has 1 N–H and O–H groups in total. The fourth-order valence-electron chi connectivity index (χ4n) is 6.53. The van der Waals surface area contributed by atoms with Gasteiger partial charge in [0, 0.05) is 41.7 Å². The lowest BCUT2D eigenvalue weighted by molar-refractivity contribution is 0.0919. The van der Waals surface area contributed by atoms with Gasteiger partial charge in [0.2, 0.25) is 0 Å². The number of nitrogens with zero attached hydrogens (tertiary/aromatic N) is 3. The minimum absolute atomic E-state index is 0.0393. The van der Waals surface area contributed by atoms with E-state index in [9.17, 15) is 9.18 Å². The lowest BCUT2D eigenvalue weighted by atomic mass is 9.83. The van der Waals surface area contributed by atoms with Crippen molar-refractivity contribution in [3.8, 4) is 0 Å². The van der Waals surface area contributed by atoms with Gasteiger partial charge in [-0.25, -0.2) is 4.39 Å². The minimum Gasteiger partial charge on any atom is -0.378 e. The van der Waals surface area contributed by atoms with Crippen LogP contribution in [-0.4, -0.2) is 67.9 Å². The molecule has 3 aliphatic rings. The molecule has 1 amide bonds. The summed E-state index contributed by atoms with van der Waals surface area (Å²) < 4.78 is 24.6. The molecule has 3 aromatic rings. The first kappa shape index (κ1) is 26.3. The van der Waals surface area contributed by atoms with Crippen LogP contribution in [0.2, 0.25) is 0 Å². The van der Waals surface area contributed by atoms with Gasteiger partial charge in [-0.15, -0.1) is 0 Å². The predicted octanol–water partition coefficient (Wildman–Crippen LogP) is 5.36. The van der Waals surface area contributed by atoms with Gasteiger partial charge in [-0.2, -0.15) is 0 Å². The number of ether oxygens (including phenoxy) is 1. The van der Waals surface area contributed by atoms with Gasteiger partial charge >= 0.3 is 0 Å². The Hall–Kier alpha value is -2.97. The summed E-state index contributed by atoms with van der Waals surface area (Å²) in [6, 6.07) is 12.9. The monoisotopic (exact) mass is 534 g/mol. The molecular formula is C31H39FN4O3. The largest absolute Gasteiger partial charge is 0.378 e. The van der Waals surface area contributed by atoms with Crippen molar-refractivity contribution in [2.24, 2.45) is 5.92 Å². The number of anilines is 1. The van der Waals surface area contributed by atoms with Crippen LogP contribution < -0.4 is 10.2 Å². The zero-order valence-electron chi connectivity index (χ0n) is 22.6. The molecule has 1 aromatic heterocycles. The summed E-state index contributed by atoms with van der Waals surface area (Å²) in [4.78, 5) is 17.7. The van der Waals surface area contributed by atoms with Gasteiger partial charge in [0.25, 0.3) is 5.91 Å². The molecule has 39 heavy (non-hydrogen) atoms. The maximum absolute atomic E-state index is 13.7. The van der Waals surface area contributed by atoms with Crippen LogP contribution in [-0.2, 0) is 4.74 Å². The van der Waals surface area contributed by atoms with Crippen LogP contribution in [0.15, 0.2) is 47.0 Å². The second-order valence-corrected chi connectivity index (χ2v) is 11.5. The molecule has 1 aliphatic carbocycles. The Morgan fingerprint density at radius 3 is 2.44 bits per heavy atom. The number of carbonyl (C=O) groups is 1. The first-order valence-corrected chi connectivity index (χ1v) is 14.6. The lowest BCUT2D eigenvalue weighted by Gasteiger charge is -2.34. The van der Waals surface area contributed by atoms with E-state index in [1.54, 1.807) is 12.1 Å². The number of halogens is 1. The van der Waals surface area contributed by atoms with Crippen molar-refractivity contribution >= 4 is 22.6 Å². The van der Waals surface area contributed by atoms with Gasteiger partial charge in [-0.3, -0.25) is 4.79 Å². The Balaban J connectivity index is 0.906. The molecule has 0 spiro atoms. The van der Waals surface area contributed by atoms with Crippen molar-refractivity contribution in [3.63, 3.8) is 0 Å². The number of nitrogens with one attached hydrogen (secondary N) is 1. The zero-order chi connectivity index (χ0) is 26.6. The van der Waals surface area contributed by atoms with Crippen molar-refractivity contribution in [2.45, 2.75) is 56.9 Å². The number of hydrogen-bond acceptors (Lipinski definition) is 6. The smallest absolute Gasteiger partial charge is 0.251 e. The zero-order valence-corrected chi connectivity index (χ0v) is 22.6. The van der Waals surface area contributed by atoms with E-state index in [0.717, 1.165) is 99.9 Å². The maximum Gasteiger partial charge on any atom is 0.251 e. The van der Waals surface area contributed by atoms with E-state index in [1.807, 2.05) is 24.3 Å². The van der Waals surface area contributed by atoms with Gasteiger partial charge in [-0.05, 0) is 113 Å². The number of likely N-dealkylation sites (tertiary alicyclic amines) is 1. The number of piperidine rings is 1. The van der Waals surface area contributed by atoms with Crippen LogP contribution >= 0.6 is 0 Å². The molecule has 2 aliphatic heterocycles. The summed E-state index contributed by atoms with van der Waals surface area (Å²) in [6.45, 7) is 6.53. The third-order valence-corrected chi connectivity index (χ3v) is 8.98. The number of rotatable bonds is 7. The summed E-state index contributed by atoms with van der Waals surface area (Å²) in [7, 11) is 0. The van der Waals surface area contributed by atoms with Crippen molar-refractivity contribution < 1.29 is 18.4 Å². The maximum atomic E-state index is 13.7. The SMILES string of the molecule is O=C(NC1CCC(CCN2CCC(c3noc4ccc(F)cc34)CC2)CC1)c1ccc(N2CCOCC2)cc1. The lowest BCUT2D eigenvalue weighted by Crippen LogP contribution is -2.39. The van der Waals surface area contributed by atoms with Crippen LogP contribution in [0.4, 0.5) is 10.1 Å². The fraction of sp³-hybridized carbons (Fsp3) is 0.548. The third-order valence-electron chi connectivity index (χ3n) is 8.98. The van der Waals surface area contributed by atoms with Gasteiger partial charge in [0.05, 0.1) is 18.9 Å². The Morgan fingerprint density at radius 2 is 1.69 bits per heavy atom. The Kier molecular flexibility index (Phi) is 8.11. The van der Waals surface area contributed by atoms with Gasteiger partial charge in [-0.1, -0.05) is 5.16 Å². The highest BCUT2D eigenvalue weighted by Crippen LogP contribution is 2.34. The number of carbonyl (C=O) groups excluding carboxylic acids is 1. The molecule has 2 aromatic carbocycles. The minimum atomic E-state index is -0.239. The molecule has 0 atom stereocenters. The predicted molar refractivity (Wildman–Crippen MR) is 150 cm³/mol. The van der Waals surface area contributed by atoms with Crippen molar-refractivity contribution in [1.82, 2.24) is 15.4 Å².